The highest BCUT2D eigenvalue weighted by molar-refractivity contribution is 5.79. The third-order valence-electron chi connectivity index (χ3n) is 4.48. The summed E-state index contributed by atoms with van der Waals surface area (Å²) in [5.41, 5.74) is 1.35. The number of fused-ring (bicyclic) bond motifs is 1. The lowest BCUT2D eigenvalue weighted by Crippen LogP contribution is -2.39. The van der Waals surface area contributed by atoms with Crippen LogP contribution in [0.15, 0.2) is 10.5 Å². The maximum atomic E-state index is 12.4. The van der Waals surface area contributed by atoms with E-state index in [4.69, 9.17) is 4.42 Å². The molecular weight excluding hydrogens is 252 g/mol. The van der Waals surface area contributed by atoms with Crippen LogP contribution in [0.2, 0.25) is 0 Å². The molecule has 0 aromatic carbocycles. The molecule has 1 saturated heterocycles. The molecule has 2 heterocycles. The second-order valence-corrected chi connectivity index (χ2v) is 7.03. The van der Waals surface area contributed by atoms with Gasteiger partial charge in [0, 0.05) is 18.5 Å². The van der Waals surface area contributed by atoms with Crippen molar-refractivity contribution in [1.82, 2.24) is 10.6 Å². The predicted octanol–water partition coefficient (Wildman–Crippen LogP) is 2.33. The molecule has 0 saturated carbocycles. The van der Waals surface area contributed by atoms with Crippen LogP contribution in [0.1, 0.15) is 49.8 Å². The van der Waals surface area contributed by atoms with E-state index in [0.717, 1.165) is 43.9 Å². The fourth-order valence-electron chi connectivity index (χ4n) is 3.48. The van der Waals surface area contributed by atoms with Gasteiger partial charge >= 0.3 is 0 Å². The number of aryl methyl sites for hydroxylation is 1. The largest absolute Gasteiger partial charge is 0.466 e. The lowest BCUT2D eigenvalue weighted by Gasteiger charge is -2.35. The number of rotatable bonds is 2. The van der Waals surface area contributed by atoms with Gasteiger partial charge in [0.05, 0.1) is 12.0 Å². The Balaban J connectivity index is 1.79. The molecule has 4 nitrogen and oxygen atoms in total. The third kappa shape index (κ3) is 2.62. The minimum Gasteiger partial charge on any atom is -0.466 e. The van der Waals surface area contributed by atoms with Crippen molar-refractivity contribution in [2.45, 2.75) is 46.1 Å². The zero-order valence-corrected chi connectivity index (χ0v) is 12.6. The molecule has 1 amide bonds. The molecule has 0 spiro atoms. The second-order valence-electron chi connectivity index (χ2n) is 7.03. The Morgan fingerprint density at radius 2 is 2.30 bits per heavy atom. The molecule has 1 fully saturated rings. The first-order chi connectivity index (χ1) is 9.44. The summed E-state index contributed by atoms with van der Waals surface area (Å²) in [7, 11) is 0. The summed E-state index contributed by atoms with van der Waals surface area (Å²) in [5, 5.41) is 6.50. The molecule has 2 N–H and O–H groups in total. The number of carbonyl (C=O) groups is 1. The van der Waals surface area contributed by atoms with E-state index in [9.17, 15) is 4.79 Å². The van der Waals surface area contributed by atoms with E-state index in [1.807, 2.05) is 6.92 Å². The van der Waals surface area contributed by atoms with E-state index < -0.39 is 0 Å². The summed E-state index contributed by atoms with van der Waals surface area (Å²) in [6.07, 6.45) is 2.87. The van der Waals surface area contributed by atoms with Crippen LogP contribution in [0.3, 0.4) is 0 Å². The van der Waals surface area contributed by atoms with Gasteiger partial charge in [-0.15, -0.1) is 0 Å². The number of carbonyl (C=O) groups excluding carboxylic acids is 1. The van der Waals surface area contributed by atoms with E-state index in [1.165, 1.54) is 5.56 Å². The third-order valence-corrected chi connectivity index (χ3v) is 4.48. The van der Waals surface area contributed by atoms with Gasteiger partial charge in [0.25, 0.3) is 0 Å². The first-order valence-electron chi connectivity index (χ1n) is 7.55. The normalized spacial score (nSPS) is 28.1. The average Bonchev–Trinajstić information content (AvgIpc) is 2.95. The minimum absolute atomic E-state index is 0.0966. The lowest BCUT2D eigenvalue weighted by atomic mass is 9.74. The maximum Gasteiger partial charge on any atom is 0.224 e. The van der Waals surface area contributed by atoms with Crippen LogP contribution >= 0.6 is 0 Å². The number of furan rings is 1. The molecule has 2 atom stereocenters. The zero-order chi connectivity index (χ0) is 14.3. The molecule has 3 rings (SSSR count). The van der Waals surface area contributed by atoms with Crippen molar-refractivity contribution in [2.24, 2.45) is 11.3 Å². The van der Waals surface area contributed by atoms with E-state index in [-0.39, 0.29) is 23.3 Å². The minimum atomic E-state index is 0.0966. The quantitative estimate of drug-likeness (QED) is 0.871. The van der Waals surface area contributed by atoms with E-state index >= 15 is 0 Å². The van der Waals surface area contributed by atoms with Crippen LogP contribution in [0.5, 0.6) is 0 Å². The SMILES string of the molecule is Cc1cc2c(o1)CC(C)(C)CC2NC(=O)C1CCNC1. The Hall–Kier alpha value is -1.29. The topological polar surface area (TPSA) is 54.3 Å². The van der Waals surface area contributed by atoms with E-state index in [2.05, 4.69) is 30.5 Å². The Labute approximate surface area is 120 Å². The summed E-state index contributed by atoms with van der Waals surface area (Å²) in [4.78, 5) is 12.4. The van der Waals surface area contributed by atoms with Crippen molar-refractivity contribution in [3.05, 3.63) is 23.2 Å². The summed E-state index contributed by atoms with van der Waals surface area (Å²) in [5.74, 6) is 2.29. The van der Waals surface area contributed by atoms with Gasteiger partial charge in [-0.3, -0.25) is 4.79 Å². The first kappa shape index (κ1) is 13.7. The molecule has 1 aliphatic carbocycles. The highest BCUT2D eigenvalue weighted by Crippen LogP contribution is 2.42. The molecule has 1 aromatic rings. The number of hydrogen-bond acceptors (Lipinski definition) is 3. The van der Waals surface area contributed by atoms with Gasteiger partial charge in [0.15, 0.2) is 0 Å². The van der Waals surface area contributed by atoms with Gasteiger partial charge in [-0.1, -0.05) is 13.8 Å². The Morgan fingerprint density at radius 3 is 3.00 bits per heavy atom. The van der Waals surface area contributed by atoms with Gasteiger partial charge in [-0.25, -0.2) is 0 Å². The lowest BCUT2D eigenvalue weighted by molar-refractivity contribution is -0.125. The smallest absolute Gasteiger partial charge is 0.224 e. The van der Waals surface area contributed by atoms with Gasteiger partial charge < -0.3 is 15.1 Å². The Morgan fingerprint density at radius 1 is 1.50 bits per heavy atom. The molecule has 0 radical (unpaired) electrons. The molecule has 0 bridgehead atoms. The van der Waals surface area contributed by atoms with Gasteiger partial charge in [0.1, 0.15) is 11.5 Å². The molecule has 1 aromatic heterocycles. The van der Waals surface area contributed by atoms with E-state index in [0.29, 0.717) is 0 Å². The number of hydrogen-bond donors (Lipinski definition) is 2. The van der Waals surface area contributed by atoms with Gasteiger partial charge in [-0.2, -0.15) is 0 Å². The second kappa shape index (κ2) is 4.92. The zero-order valence-electron chi connectivity index (χ0n) is 12.6. The van der Waals surface area contributed by atoms with Crippen molar-refractivity contribution in [2.75, 3.05) is 13.1 Å². The van der Waals surface area contributed by atoms with Crippen molar-refractivity contribution < 1.29 is 9.21 Å². The highest BCUT2D eigenvalue weighted by Gasteiger charge is 2.36. The van der Waals surface area contributed by atoms with Gasteiger partial charge in [0.2, 0.25) is 5.91 Å². The Kier molecular flexibility index (Phi) is 3.36. The molecule has 4 heteroatoms. The molecule has 2 unspecified atom stereocenters. The molecule has 20 heavy (non-hydrogen) atoms. The number of nitrogens with one attached hydrogen (secondary N) is 2. The van der Waals surface area contributed by atoms with Crippen LogP contribution in [0.25, 0.3) is 0 Å². The number of amides is 1. The summed E-state index contributed by atoms with van der Waals surface area (Å²) < 4.78 is 5.82. The van der Waals surface area contributed by atoms with Crippen molar-refractivity contribution in [3.63, 3.8) is 0 Å². The summed E-state index contributed by atoms with van der Waals surface area (Å²) in [6, 6.07) is 2.18. The maximum absolute atomic E-state index is 12.4. The van der Waals surface area contributed by atoms with Crippen LogP contribution < -0.4 is 10.6 Å². The molecule has 2 aliphatic rings. The summed E-state index contributed by atoms with van der Waals surface area (Å²) >= 11 is 0. The van der Waals surface area contributed by atoms with Crippen molar-refractivity contribution in [1.29, 1.82) is 0 Å². The standard InChI is InChI=1S/C16H24N2O2/c1-10-6-12-13(7-16(2,3)8-14(12)20-10)18-15(19)11-4-5-17-9-11/h6,11,13,17H,4-5,7-9H2,1-3H3,(H,18,19). The first-order valence-corrected chi connectivity index (χ1v) is 7.55. The highest BCUT2D eigenvalue weighted by atomic mass is 16.3. The van der Waals surface area contributed by atoms with Crippen LogP contribution in [-0.2, 0) is 11.2 Å². The fraction of sp³-hybridized carbons (Fsp3) is 0.688. The van der Waals surface area contributed by atoms with Gasteiger partial charge in [-0.05, 0) is 37.8 Å². The van der Waals surface area contributed by atoms with Crippen LogP contribution in [0, 0.1) is 18.3 Å². The molecular formula is C16H24N2O2. The van der Waals surface area contributed by atoms with Crippen LogP contribution in [-0.4, -0.2) is 19.0 Å². The predicted molar refractivity (Wildman–Crippen MR) is 77.4 cm³/mol. The summed E-state index contributed by atoms with van der Waals surface area (Å²) in [6.45, 7) is 8.21. The van der Waals surface area contributed by atoms with Crippen LogP contribution in [0.4, 0.5) is 0 Å². The van der Waals surface area contributed by atoms with E-state index in [1.54, 1.807) is 0 Å². The molecule has 110 valence electrons. The van der Waals surface area contributed by atoms with Crippen molar-refractivity contribution in [3.8, 4) is 0 Å². The fourth-order valence-corrected chi connectivity index (χ4v) is 3.48. The monoisotopic (exact) mass is 276 g/mol. The molecule has 1 aliphatic heterocycles. The Bertz CT molecular complexity index is 513. The average molecular weight is 276 g/mol. The van der Waals surface area contributed by atoms with Crippen molar-refractivity contribution >= 4 is 5.91 Å².